The molecule has 0 aromatic carbocycles. The first-order valence-corrected chi connectivity index (χ1v) is 8.05. The Morgan fingerprint density at radius 1 is 1.05 bits per heavy atom. The molecule has 0 unspecified atom stereocenters. The molecule has 0 atom stereocenters. The molecule has 2 aliphatic rings. The third-order valence-electron chi connectivity index (χ3n) is 4.70. The maximum atomic E-state index is 4.88. The molecule has 5 nitrogen and oxygen atoms in total. The van der Waals surface area contributed by atoms with Crippen molar-refractivity contribution in [3.05, 3.63) is 30.2 Å². The third-order valence-corrected chi connectivity index (χ3v) is 4.70. The number of piperidine rings is 1. The zero-order valence-electron chi connectivity index (χ0n) is 12.4. The van der Waals surface area contributed by atoms with E-state index in [9.17, 15) is 0 Å². The predicted molar refractivity (Wildman–Crippen MR) is 85.1 cm³/mol. The summed E-state index contributed by atoms with van der Waals surface area (Å²) in [4.78, 5) is 7.32. The molecule has 2 aliphatic heterocycles. The Hall–Kier alpha value is -1.59. The Morgan fingerprint density at radius 3 is 2.62 bits per heavy atom. The maximum absolute atomic E-state index is 4.88. The van der Waals surface area contributed by atoms with Gasteiger partial charge < -0.3 is 19.9 Å². The van der Waals surface area contributed by atoms with Gasteiger partial charge in [-0.15, -0.1) is 0 Å². The maximum Gasteiger partial charge on any atom is 0.139 e. The van der Waals surface area contributed by atoms with E-state index in [0.29, 0.717) is 5.92 Å². The Bertz CT molecular complexity index is 592. The number of anilines is 1. The van der Waals surface area contributed by atoms with Crippen LogP contribution in [0.4, 0.5) is 5.69 Å². The quantitative estimate of drug-likeness (QED) is 0.870. The van der Waals surface area contributed by atoms with Crippen LogP contribution in [-0.4, -0.2) is 48.7 Å². The van der Waals surface area contributed by atoms with Gasteiger partial charge in [0.2, 0.25) is 0 Å². The van der Waals surface area contributed by atoms with Gasteiger partial charge in [0.1, 0.15) is 5.65 Å². The first kappa shape index (κ1) is 13.1. The molecule has 0 radical (unpaired) electrons. The minimum Gasteiger partial charge on any atom is -0.369 e. The summed E-state index contributed by atoms with van der Waals surface area (Å²) in [7, 11) is 0. The van der Waals surface area contributed by atoms with Crippen molar-refractivity contribution in [2.24, 2.45) is 0 Å². The van der Waals surface area contributed by atoms with E-state index in [1.54, 1.807) is 0 Å². The van der Waals surface area contributed by atoms with E-state index in [4.69, 9.17) is 4.98 Å². The number of hydrogen-bond donors (Lipinski definition) is 2. The molecule has 0 bridgehead atoms. The minimum absolute atomic E-state index is 0.619. The third kappa shape index (κ3) is 2.63. The fourth-order valence-corrected chi connectivity index (χ4v) is 3.42. The summed E-state index contributed by atoms with van der Waals surface area (Å²) in [6, 6.07) is 4.45. The fourth-order valence-electron chi connectivity index (χ4n) is 3.42. The summed E-state index contributed by atoms with van der Waals surface area (Å²) in [6.07, 6.45) is 6.78. The number of fused-ring (bicyclic) bond motifs is 1. The van der Waals surface area contributed by atoms with E-state index in [0.717, 1.165) is 44.9 Å². The van der Waals surface area contributed by atoms with Gasteiger partial charge in [-0.25, -0.2) is 4.98 Å². The van der Waals surface area contributed by atoms with E-state index < -0.39 is 0 Å². The lowest BCUT2D eigenvalue weighted by Gasteiger charge is -2.29. The summed E-state index contributed by atoms with van der Waals surface area (Å²) in [6.45, 7) is 6.53. The number of hydrogen-bond acceptors (Lipinski definition) is 4. The Labute approximate surface area is 125 Å². The minimum atomic E-state index is 0.619. The number of nitrogens with one attached hydrogen (secondary N) is 2. The van der Waals surface area contributed by atoms with Crippen molar-refractivity contribution in [1.29, 1.82) is 0 Å². The molecule has 112 valence electrons. The topological polar surface area (TPSA) is 44.6 Å². The Morgan fingerprint density at radius 2 is 1.81 bits per heavy atom. The molecule has 21 heavy (non-hydrogen) atoms. The molecule has 4 heterocycles. The number of aromatic nitrogens is 2. The molecule has 0 amide bonds. The molecule has 2 fully saturated rings. The van der Waals surface area contributed by atoms with Crippen molar-refractivity contribution in [2.45, 2.75) is 18.8 Å². The largest absolute Gasteiger partial charge is 0.369 e. The molecule has 2 N–H and O–H groups in total. The van der Waals surface area contributed by atoms with Gasteiger partial charge >= 0.3 is 0 Å². The average molecular weight is 285 g/mol. The second-order valence-electron chi connectivity index (χ2n) is 6.08. The van der Waals surface area contributed by atoms with Crippen LogP contribution in [0.25, 0.3) is 5.65 Å². The first-order valence-electron chi connectivity index (χ1n) is 8.05. The Kier molecular flexibility index (Phi) is 3.53. The number of nitrogens with zero attached hydrogens (tertiary/aromatic N) is 3. The Balaban J connectivity index is 1.61. The van der Waals surface area contributed by atoms with Gasteiger partial charge in [-0.1, -0.05) is 0 Å². The van der Waals surface area contributed by atoms with Crippen molar-refractivity contribution >= 4 is 11.3 Å². The molecule has 0 spiro atoms. The lowest BCUT2D eigenvalue weighted by molar-refractivity contribution is 0.454. The summed E-state index contributed by atoms with van der Waals surface area (Å²) in [5.74, 6) is 0.619. The van der Waals surface area contributed by atoms with Crippen molar-refractivity contribution < 1.29 is 0 Å². The molecule has 4 rings (SSSR count). The van der Waals surface area contributed by atoms with E-state index in [1.807, 2.05) is 0 Å². The highest BCUT2D eigenvalue weighted by atomic mass is 15.2. The summed E-state index contributed by atoms with van der Waals surface area (Å²) in [5.41, 5.74) is 3.64. The van der Waals surface area contributed by atoms with Crippen molar-refractivity contribution in [2.75, 3.05) is 44.2 Å². The van der Waals surface area contributed by atoms with Crippen molar-refractivity contribution in [3.8, 4) is 0 Å². The van der Waals surface area contributed by atoms with Crippen molar-refractivity contribution in [1.82, 2.24) is 20.0 Å². The van der Waals surface area contributed by atoms with Crippen LogP contribution in [0, 0.1) is 0 Å². The van der Waals surface area contributed by atoms with Crippen LogP contribution in [0.5, 0.6) is 0 Å². The average Bonchev–Trinajstić information content (AvgIpc) is 2.99. The number of rotatable bonds is 2. The summed E-state index contributed by atoms with van der Waals surface area (Å²) in [5, 5.41) is 6.82. The first-order chi connectivity index (χ1) is 10.4. The van der Waals surface area contributed by atoms with Crippen LogP contribution in [0.15, 0.2) is 24.5 Å². The summed E-state index contributed by atoms with van der Waals surface area (Å²) >= 11 is 0. The highest BCUT2D eigenvalue weighted by molar-refractivity contribution is 5.57. The molecule has 2 aromatic rings. The monoisotopic (exact) mass is 285 g/mol. The normalized spacial score (nSPS) is 21.0. The van der Waals surface area contributed by atoms with Crippen molar-refractivity contribution in [3.63, 3.8) is 0 Å². The fraction of sp³-hybridized carbons (Fsp3) is 0.562. The highest BCUT2D eigenvalue weighted by Gasteiger charge is 2.18. The number of imidazole rings is 1. The predicted octanol–water partition coefficient (Wildman–Crippen LogP) is 1.21. The standard InChI is InChI=1S/C16H23N5/c1-4-17-5-2-13(1)15-12-21-8-3-14(11-16(21)19-15)20-9-6-18-7-10-20/h3,8,11-13,17-18H,1-2,4-7,9-10H2. The van der Waals surface area contributed by atoms with Crippen LogP contribution in [0.1, 0.15) is 24.5 Å². The van der Waals surface area contributed by atoms with Crippen LogP contribution in [0.2, 0.25) is 0 Å². The lowest BCUT2D eigenvalue weighted by atomic mass is 9.95. The molecular weight excluding hydrogens is 262 g/mol. The SMILES string of the molecule is c1cn2cc(C3CCNCC3)nc2cc1N1CCNCC1. The van der Waals surface area contributed by atoms with Crippen LogP contribution in [-0.2, 0) is 0 Å². The van der Waals surface area contributed by atoms with Crippen LogP contribution in [0.3, 0.4) is 0 Å². The zero-order chi connectivity index (χ0) is 14.1. The van der Waals surface area contributed by atoms with Gasteiger partial charge in [0.05, 0.1) is 5.69 Å². The van der Waals surface area contributed by atoms with Gasteiger partial charge in [0.25, 0.3) is 0 Å². The molecular formula is C16H23N5. The van der Waals surface area contributed by atoms with Gasteiger partial charge in [-0.2, -0.15) is 0 Å². The van der Waals surface area contributed by atoms with Crippen LogP contribution >= 0.6 is 0 Å². The molecule has 0 aliphatic carbocycles. The number of pyridine rings is 1. The van der Waals surface area contributed by atoms with E-state index >= 15 is 0 Å². The summed E-state index contributed by atoms with van der Waals surface area (Å²) < 4.78 is 2.17. The number of piperazine rings is 1. The molecule has 2 aromatic heterocycles. The van der Waals surface area contributed by atoms with Gasteiger partial charge in [-0.3, -0.25) is 0 Å². The lowest BCUT2D eigenvalue weighted by Crippen LogP contribution is -2.43. The van der Waals surface area contributed by atoms with Gasteiger partial charge in [-0.05, 0) is 32.0 Å². The second-order valence-corrected chi connectivity index (χ2v) is 6.08. The van der Waals surface area contributed by atoms with Crippen LogP contribution < -0.4 is 15.5 Å². The van der Waals surface area contributed by atoms with Gasteiger partial charge in [0.15, 0.2) is 0 Å². The van der Waals surface area contributed by atoms with E-state index in [-0.39, 0.29) is 0 Å². The van der Waals surface area contributed by atoms with E-state index in [1.165, 1.54) is 24.2 Å². The van der Waals surface area contributed by atoms with E-state index in [2.05, 4.69) is 44.5 Å². The zero-order valence-corrected chi connectivity index (χ0v) is 12.4. The second kappa shape index (κ2) is 5.66. The molecule has 0 saturated carbocycles. The molecule has 2 saturated heterocycles. The molecule has 5 heteroatoms. The highest BCUT2D eigenvalue weighted by Crippen LogP contribution is 2.26. The van der Waals surface area contributed by atoms with Gasteiger partial charge in [0, 0.05) is 56.2 Å². The smallest absolute Gasteiger partial charge is 0.139 e.